The summed E-state index contributed by atoms with van der Waals surface area (Å²) < 4.78 is 6.09. The smallest absolute Gasteiger partial charge is 0.335 e. The Kier molecular flexibility index (Phi) is 5.05. The maximum atomic E-state index is 11.0. The van der Waals surface area contributed by atoms with E-state index in [1.165, 1.54) is 5.56 Å². The molecule has 2 atom stereocenters. The highest BCUT2D eigenvalue weighted by atomic mass is 16.5. The lowest BCUT2D eigenvalue weighted by molar-refractivity contribution is 0.0448. The van der Waals surface area contributed by atoms with E-state index in [0.717, 1.165) is 24.9 Å². The molecule has 0 spiro atoms. The van der Waals surface area contributed by atoms with Crippen molar-refractivity contribution in [3.8, 4) is 0 Å². The Morgan fingerprint density at radius 1 is 1.13 bits per heavy atom. The van der Waals surface area contributed by atoms with Gasteiger partial charge in [0.05, 0.1) is 17.8 Å². The average molecular weight is 311 g/mol. The van der Waals surface area contributed by atoms with Crippen LogP contribution in [0, 0.1) is 0 Å². The molecule has 0 bridgehead atoms. The maximum absolute atomic E-state index is 11.0. The molecule has 1 fully saturated rings. The summed E-state index contributed by atoms with van der Waals surface area (Å²) in [5.74, 6) is -0.892. The fourth-order valence-electron chi connectivity index (χ4n) is 2.96. The second-order valence-corrected chi connectivity index (χ2v) is 5.87. The van der Waals surface area contributed by atoms with Crippen LogP contribution < -0.4 is 5.32 Å². The monoisotopic (exact) mass is 311 g/mol. The molecule has 2 aromatic rings. The van der Waals surface area contributed by atoms with Crippen LogP contribution in [0.2, 0.25) is 0 Å². The van der Waals surface area contributed by atoms with Crippen LogP contribution in [0.1, 0.15) is 40.4 Å². The Morgan fingerprint density at radius 3 is 2.74 bits per heavy atom. The van der Waals surface area contributed by atoms with Crippen molar-refractivity contribution in [2.75, 3.05) is 6.54 Å². The van der Waals surface area contributed by atoms with E-state index in [-0.39, 0.29) is 12.2 Å². The van der Waals surface area contributed by atoms with Gasteiger partial charge in [-0.2, -0.15) is 0 Å². The zero-order chi connectivity index (χ0) is 16.1. The van der Waals surface area contributed by atoms with E-state index in [9.17, 15) is 4.79 Å². The molecule has 4 heteroatoms. The van der Waals surface area contributed by atoms with Gasteiger partial charge in [0.25, 0.3) is 0 Å². The normalized spacial score (nSPS) is 20.5. The highest BCUT2D eigenvalue weighted by molar-refractivity contribution is 5.87. The van der Waals surface area contributed by atoms with Gasteiger partial charge in [-0.25, -0.2) is 4.79 Å². The van der Waals surface area contributed by atoms with Crippen LogP contribution >= 0.6 is 0 Å². The number of carboxylic acids is 1. The molecule has 1 aliphatic heterocycles. The predicted octanol–water partition coefficient (Wildman–Crippen LogP) is 3.39. The second kappa shape index (κ2) is 7.40. The number of hydrogen-bond acceptors (Lipinski definition) is 3. The van der Waals surface area contributed by atoms with Crippen molar-refractivity contribution in [2.45, 2.75) is 31.6 Å². The Bertz CT molecular complexity index is 657. The number of aromatic carboxylic acids is 1. The molecule has 2 aromatic carbocycles. The summed E-state index contributed by atoms with van der Waals surface area (Å²) in [6, 6.07) is 17.3. The summed E-state index contributed by atoms with van der Waals surface area (Å²) in [6.45, 7) is 1.43. The Balaban J connectivity index is 1.47. The molecule has 1 aliphatic rings. The van der Waals surface area contributed by atoms with Crippen LogP contribution in [0.4, 0.5) is 0 Å². The van der Waals surface area contributed by atoms with Crippen LogP contribution in [0.5, 0.6) is 0 Å². The first-order valence-corrected chi connectivity index (χ1v) is 7.96. The van der Waals surface area contributed by atoms with Gasteiger partial charge in [0.1, 0.15) is 0 Å². The molecule has 23 heavy (non-hydrogen) atoms. The molecule has 1 heterocycles. The molecule has 0 aromatic heterocycles. The summed E-state index contributed by atoms with van der Waals surface area (Å²) in [6.07, 6.45) is 2.49. The fraction of sp³-hybridized carbons (Fsp3) is 0.316. The van der Waals surface area contributed by atoms with Gasteiger partial charge in [0.15, 0.2) is 0 Å². The van der Waals surface area contributed by atoms with E-state index in [1.54, 1.807) is 18.2 Å². The number of carbonyl (C=O) groups is 1. The van der Waals surface area contributed by atoms with Crippen molar-refractivity contribution in [3.63, 3.8) is 0 Å². The Labute approximate surface area is 136 Å². The van der Waals surface area contributed by atoms with Crippen molar-refractivity contribution < 1.29 is 14.6 Å². The van der Waals surface area contributed by atoms with Gasteiger partial charge < -0.3 is 15.2 Å². The number of nitrogens with one attached hydrogen (secondary N) is 1. The summed E-state index contributed by atoms with van der Waals surface area (Å²) in [5.41, 5.74) is 2.54. The first kappa shape index (κ1) is 15.7. The Morgan fingerprint density at radius 2 is 1.96 bits per heavy atom. The van der Waals surface area contributed by atoms with Gasteiger partial charge in [-0.3, -0.25) is 0 Å². The molecule has 2 N–H and O–H groups in total. The summed E-state index contributed by atoms with van der Waals surface area (Å²) >= 11 is 0. The zero-order valence-electron chi connectivity index (χ0n) is 12.9. The summed E-state index contributed by atoms with van der Waals surface area (Å²) in [5, 5.41) is 12.4. The molecule has 0 radical (unpaired) electrons. The van der Waals surface area contributed by atoms with E-state index in [4.69, 9.17) is 9.84 Å². The van der Waals surface area contributed by atoms with Gasteiger partial charge in [0.2, 0.25) is 0 Å². The van der Waals surface area contributed by atoms with Crippen molar-refractivity contribution in [2.24, 2.45) is 0 Å². The standard InChI is InChI=1S/C19H21NO3/c21-19(22)16-8-4-5-14(11-16)12-20-13-17-9-10-18(23-17)15-6-2-1-3-7-15/h1-8,11,17-18,20H,9-10,12-13H2,(H,21,22)/t17-,18+/m1/s1. The van der Waals surface area contributed by atoms with E-state index in [0.29, 0.717) is 12.1 Å². The minimum Gasteiger partial charge on any atom is -0.478 e. The molecule has 120 valence electrons. The number of carboxylic acid groups (broad SMARTS) is 1. The molecule has 3 rings (SSSR count). The van der Waals surface area contributed by atoms with Crippen LogP contribution in [-0.4, -0.2) is 23.7 Å². The second-order valence-electron chi connectivity index (χ2n) is 5.87. The number of rotatable bonds is 6. The third kappa shape index (κ3) is 4.18. The predicted molar refractivity (Wildman–Crippen MR) is 88.4 cm³/mol. The van der Waals surface area contributed by atoms with Crippen molar-refractivity contribution in [3.05, 3.63) is 71.3 Å². The number of benzene rings is 2. The lowest BCUT2D eigenvalue weighted by Crippen LogP contribution is -2.26. The van der Waals surface area contributed by atoms with Gasteiger partial charge in [-0.15, -0.1) is 0 Å². The third-order valence-corrected chi connectivity index (χ3v) is 4.15. The highest BCUT2D eigenvalue weighted by Crippen LogP contribution is 2.32. The molecular weight excluding hydrogens is 290 g/mol. The summed E-state index contributed by atoms with van der Waals surface area (Å²) in [7, 11) is 0. The molecular formula is C19H21NO3. The first-order chi connectivity index (χ1) is 11.2. The topological polar surface area (TPSA) is 58.6 Å². The lowest BCUT2D eigenvalue weighted by atomic mass is 10.1. The molecule has 0 unspecified atom stereocenters. The lowest BCUT2D eigenvalue weighted by Gasteiger charge is -2.15. The van der Waals surface area contributed by atoms with Gasteiger partial charge in [0, 0.05) is 13.1 Å². The summed E-state index contributed by atoms with van der Waals surface area (Å²) in [4.78, 5) is 11.0. The van der Waals surface area contributed by atoms with Crippen molar-refractivity contribution in [1.29, 1.82) is 0 Å². The van der Waals surface area contributed by atoms with Gasteiger partial charge >= 0.3 is 5.97 Å². The van der Waals surface area contributed by atoms with Crippen molar-refractivity contribution in [1.82, 2.24) is 5.32 Å². The third-order valence-electron chi connectivity index (χ3n) is 4.15. The van der Waals surface area contributed by atoms with Crippen molar-refractivity contribution >= 4 is 5.97 Å². The van der Waals surface area contributed by atoms with Gasteiger partial charge in [-0.1, -0.05) is 42.5 Å². The quantitative estimate of drug-likeness (QED) is 0.858. The average Bonchev–Trinajstić information content (AvgIpc) is 3.05. The zero-order valence-corrected chi connectivity index (χ0v) is 12.9. The molecule has 0 aliphatic carbocycles. The minimum absolute atomic E-state index is 0.193. The Hall–Kier alpha value is -2.17. The van der Waals surface area contributed by atoms with E-state index in [1.807, 2.05) is 24.3 Å². The molecule has 1 saturated heterocycles. The van der Waals surface area contributed by atoms with Gasteiger partial charge in [-0.05, 0) is 36.1 Å². The van der Waals surface area contributed by atoms with E-state index < -0.39 is 5.97 Å². The minimum atomic E-state index is -0.892. The molecule has 0 saturated carbocycles. The maximum Gasteiger partial charge on any atom is 0.335 e. The number of hydrogen-bond donors (Lipinski definition) is 2. The molecule has 0 amide bonds. The van der Waals surface area contributed by atoms with E-state index >= 15 is 0 Å². The van der Waals surface area contributed by atoms with E-state index in [2.05, 4.69) is 17.4 Å². The first-order valence-electron chi connectivity index (χ1n) is 7.96. The molecule has 4 nitrogen and oxygen atoms in total. The van der Waals surface area contributed by atoms with Crippen LogP contribution in [0.15, 0.2) is 54.6 Å². The fourth-order valence-corrected chi connectivity index (χ4v) is 2.96. The van der Waals surface area contributed by atoms with Crippen LogP contribution in [-0.2, 0) is 11.3 Å². The van der Waals surface area contributed by atoms with Crippen LogP contribution in [0.3, 0.4) is 0 Å². The largest absolute Gasteiger partial charge is 0.478 e. The van der Waals surface area contributed by atoms with Crippen LogP contribution in [0.25, 0.3) is 0 Å². The SMILES string of the molecule is O=C(O)c1cccc(CNC[C@H]2CC[C@@H](c3ccccc3)O2)c1. The highest BCUT2D eigenvalue weighted by Gasteiger charge is 2.25. The number of ether oxygens (including phenoxy) is 1.